The lowest BCUT2D eigenvalue weighted by Gasteiger charge is -2.35. The molecule has 4 bridgehead atoms. The minimum absolute atomic E-state index is 0. The summed E-state index contributed by atoms with van der Waals surface area (Å²) in [6.45, 7) is 3.83. The van der Waals surface area contributed by atoms with Crippen molar-refractivity contribution in [1.82, 2.24) is 29.9 Å². The number of fused-ring (bicyclic) bond motifs is 8. The van der Waals surface area contributed by atoms with Crippen LogP contribution in [0.4, 0.5) is 39.4 Å². The molecule has 2 saturated heterocycles. The minimum Gasteiger partial charge on any atom is -0.384 e. The summed E-state index contributed by atoms with van der Waals surface area (Å²) in [6, 6.07) is 11.2. The zero-order valence-corrected chi connectivity index (χ0v) is 33.3. The molecule has 10 rings (SSSR count). The van der Waals surface area contributed by atoms with Crippen LogP contribution in [-0.2, 0) is 0 Å². The first-order valence-electron chi connectivity index (χ1n) is 19.1. The number of anilines is 6. The van der Waals surface area contributed by atoms with E-state index in [0.29, 0.717) is 53.6 Å². The number of nitrogen functional groups attached to an aromatic ring is 1. The van der Waals surface area contributed by atoms with Crippen LogP contribution in [0, 0.1) is 11.8 Å². The number of ketones is 2. The normalized spacial score (nSPS) is 19.2. The van der Waals surface area contributed by atoms with Crippen molar-refractivity contribution < 1.29 is 14.4 Å². The van der Waals surface area contributed by atoms with Crippen molar-refractivity contribution in [3.05, 3.63) is 72.8 Å². The van der Waals surface area contributed by atoms with Gasteiger partial charge in [0.2, 0.25) is 0 Å². The number of nitrogens with one attached hydrogen (secondary N) is 2. The molecule has 2 aliphatic carbocycles. The largest absolute Gasteiger partial charge is 0.384 e. The van der Waals surface area contributed by atoms with E-state index in [4.69, 9.17) is 5.73 Å². The number of carbonyl (C=O) groups is 3. The zero-order chi connectivity index (χ0) is 37.0. The predicted octanol–water partition coefficient (Wildman–Crippen LogP) is 5.62. The lowest BCUT2D eigenvalue weighted by Crippen LogP contribution is -2.48. The molecular weight excluding hydrogens is 749 g/mol. The van der Waals surface area contributed by atoms with E-state index in [1.54, 1.807) is 35.5 Å². The van der Waals surface area contributed by atoms with Crippen LogP contribution in [0.25, 0.3) is 0 Å². The van der Waals surface area contributed by atoms with Crippen LogP contribution < -0.4 is 31.1 Å². The molecule has 8 heterocycles. The Morgan fingerprint density at radius 1 is 0.732 bits per heavy atom. The number of aromatic nitrogens is 6. The predicted molar refractivity (Wildman–Crippen MR) is 227 cm³/mol. The summed E-state index contributed by atoms with van der Waals surface area (Å²) >= 11 is 0. The molecule has 6 aliphatic rings. The molecule has 15 nitrogen and oxygen atoms in total. The van der Waals surface area contributed by atoms with Gasteiger partial charge < -0.3 is 20.9 Å². The van der Waals surface area contributed by atoms with Gasteiger partial charge in [-0.2, -0.15) is 27.0 Å². The number of nitrogens with zero attached hydrogens (tertiary/aromatic N) is 9. The van der Waals surface area contributed by atoms with Crippen LogP contribution in [0.2, 0.25) is 0 Å². The summed E-state index contributed by atoms with van der Waals surface area (Å²) in [4.78, 5) is 68.5. The van der Waals surface area contributed by atoms with Crippen LogP contribution in [-0.4, -0.2) is 85.8 Å². The molecule has 56 heavy (non-hydrogen) atoms. The highest BCUT2D eigenvalue weighted by Crippen LogP contribution is 2.40. The number of hydrogen-bond acceptors (Lipinski definition) is 13. The fourth-order valence-corrected chi connectivity index (χ4v) is 7.46. The highest BCUT2D eigenvalue weighted by Gasteiger charge is 2.41. The standard InChI is InChI=1S/C20H22N6O2.C15H19N3O.C4H5N3.2H2S/c27-17(6-3-13-1-2-13)15-4-5-16-19(23-15)26(14-8-10-25(16)11-14)20(28)24-18-7-9-21-12-22-18;19-14(6-3-10-1-2-10)12-4-5-13-15(17-12)16-11-7-8-18(13)9-11;5-4-1-2-6-3-7-4;;/h4-5,7,9,12-14H,1-3,6,8,10-11H2,(H,21,22,24,28);4-5,10-11H,1-3,6-9H2,(H,16,17);1-3H,(H2,5,6,7);2*1H2/t14-;11-;;;/m00.../s1. The highest BCUT2D eigenvalue weighted by molar-refractivity contribution is 7.59. The number of nitrogens with two attached hydrogens (primary N) is 1. The van der Waals surface area contributed by atoms with Crippen LogP contribution >= 0.6 is 27.0 Å². The van der Waals surface area contributed by atoms with E-state index in [1.165, 1.54) is 44.8 Å². The summed E-state index contributed by atoms with van der Waals surface area (Å²) in [5.41, 5.74) is 8.35. The van der Waals surface area contributed by atoms with Gasteiger partial charge in [0.1, 0.15) is 35.7 Å². The van der Waals surface area contributed by atoms with Crippen molar-refractivity contribution in [3.8, 4) is 0 Å². The first-order valence-corrected chi connectivity index (χ1v) is 19.1. The monoisotopic (exact) mass is 798 g/mol. The van der Waals surface area contributed by atoms with Crippen LogP contribution in [0.3, 0.4) is 0 Å². The average Bonchev–Trinajstić information content (AvgIpc) is 4.13. The van der Waals surface area contributed by atoms with E-state index < -0.39 is 0 Å². The number of hydrogen-bond donors (Lipinski definition) is 3. The average molecular weight is 799 g/mol. The quantitative estimate of drug-likeness (QED) is 0.177. The molecule has 0 radical (unpaired) electrons. The topological polar surface area (TPSA) is 188 Å². The summed E-state index contributed by atoms with van der Waals surface area (Å²) in [5, 5.41) is 6.28. The second-order valence-corrected chi connectivity index (χ2v) is 14.9. The molecule has 296 valence electrons. The van der Waals surface area contributed by atoms with E-state index in [2.05, 4.69) is 56.4 Å². The third-order valence-electron chi connectivity index (χ3n) is 10.9. The van der Waals surface area contributed by atoms with E-state index in [0.717, 1.165) is 68.6 Å². The minimum atomic E-state index is -0.276. The number of Topliss-reactive ketones (excluding diaryl/α,β-unsaturated/α-hetero) is 2. The van der Waals surface area contributed by atoms with Gasteiger partial charge in [-0.05, 0) is 73.9 Å². The van der Waals surface area contributed by atoms with Crippen molar-refractivity contribution in [2.24, 2.45) is 11.8 Å². The summed E-state index contributed by atoms with van der Waals surface area (Å²) in [5.74, 6) is 4.20. The Labute approximate surface area is 340 Å². The molecule has 4 aromatic rings. The SMILES string of the molecule is Nc1ccncn1.O=C(CCC1CC1)c1ccc2c(n1)N(C(=O)Nc1ccncn1)[C@H]1CCN2C1.O=C(CCC1CC1)c1ccc2c(n1)N[C@H]1CCN2C1.S.S. The van der Waals surface area contributed by atoms with Gasteiger partial charge in [0, 0.05) is 57.5 Å². The smallest absolute Gasteiger partial charge is 0.329 e. The molecule has 2 amide bonds. The molecule has 0 unspecified atom stereocenters. The second-order valence-electron chi connectivity index (χ2n) is 14.9. The molecule has 0 aromatic carbocycles. The van der Waals surface area contributed by atoms with Crippen molar-refractivity contribution in [3.63, 3.8) is 0 Å². The number of amides is 2. The molecule has 4 N–H and O–H groups in total. The number of carbonyl (C=O) groups excluding carboxylic acids is 3. The molecular formula is C39H50N12O3S2. The second kappa shape index (κ2) is 18.3. The Kier molecular flexibility index (Phi) is 13.3. The summed E-state index contributed by atoms with van der Waals surface area (Å²) < 4.78 is 0. The Bertz CT molecular complexity index is 1990. The molecule has 4 fully saturated rings. The number of rotatable bonds is 9. The zero-order valence-electron chi connectivity index (χ0n) is 31.3. The van der Waals surface area contributed by atoms with E-state index in [1.807, 2.05) is 12.1 Å². The third-order valence-corrected chi connectivity index (χ3v) is 10.9. The van der Waals surface area contributed by atoms with Gasteiger partial charge >= 0.3 is 6.03 Å². The highest BCUT2D eigenvalue weighted by atomic mass is 32.1. The number of pyridine rings is 2. The molecule has 2 saturated carbocycles. The Hall–Kier alpha value is -5.03. The Morgan fingerprint density at radius 2 is 1.36 bits per heavy atom. The van der Waals surface area contributed by atoms with Gasteiger partial charge in [-0.25, -0.2) is 34.7 Å². The molecule has 0 spiro atoms. The van der Waals surface area contributed by atoms with Crippen molar-refractivity contribution in [1.29, 1.82) is 0 Å². The van der Waals surface area contributed by atoms with Crippen molar-refractivity contribution in [2.45, 2.75) is 76.3 Å². The van der Waals surface area contributed by atoms with E-state index in [-0.39, 0.29) is 50.6 Å². The first-order chi connectivity index (χ1) is 26.4. The lowest BCUT2D eigenvalue weighted by molar-refractivity contribution is 0.0965. The van der Waals surface area contributed by atoms with Crippen molar-refractivity contribution >= 4 is 79.2 Å². The van der Waals surface area contributed by atoms with E-state index >= 15 is 0 Å². The molecule has 4 aliphatic heterocycles. The maximum Gasteiger partial charge on any atom is 0.329 e. The number of urea groups is 1. The Balaban J connectivity index is 0.000000164. The third kappa shape index (κ3) is 9.85. The van der Waals surface area contributed by atoms with E-state index in [9.17, 15) is 14.4 Å². The fraction of sp³-hybridized carbons (Fsp3) is 0.462. The van der Waals surface area contributed by atoms with Gasteiger partial charge in [-0.15, -0.1) is 0 Å². The van der Waals surface area contributed by atoms with Crippen LogP contribution in [0.5, 0.6) is 0 Å². The van der Waals surface area contributed by atoms with Crippen LogP contribution in [0.1, 0.15) is 85.2 Å². The summed E-state index contributed by atoms with van der Waals surface area (Å²) in [6.07, 6.45) is 16.3. The molecule has 4 aromatic heterocycles. The Morgan fingerprint density at radius 3 is 1.96 bits per heavy atom. The fourth-order valence-electron chi connectivity index (χ4n) is 7.46. The van der Waals surface area contributed by atoms with Gasteiger partial charge in [0.25, 0.3) is 0 Å². The lowest BCUT2D eigenvalue weighted by atomic mass is 10.1. The van der Waals surface area contributed by atoms with Crippen LogP contribution in [0.15, 0.2) is 61.4 Å². The van der Waals surface area contributed by atoms with Gasteiger partial charge in [0.15, 0.2) is 23.2 Å². The summed E-state index contributed by atoms with van der Waals surface area (Å²) in [7, 11) is 0. The van der Waals surface area contributed by atoms with Crippen molar-refractivity contribution in [2.75, 3.05) is 57.2 Å². The maximum atomic E-state index is 13.0. The molecule has 2 atom stereocenters. The molecule has 17 heteroatoms. The van der Waals surface area contributed by atoms with Gasteiger partial charge in [0.05, 0.1) is 17.4 Å². The van der Waals surface area contributed by atoms with Gasteiger partial charge in [-0.3, -0.25) is 19.8 Å². The first kappa shape index (κ1) is 40.6. The van der Waals surface area contributed by atoms with Gasteiger partial charge in [-0.1, -0.05) is 25.7 Å². The maximum absolute atomic E-state index is 13.0.